The van der Waals surface area contributed by atoms with E-state index in [1.54, 1.807) is 18.9 Å². The Morgan fingerprint density at radius 2 is 2.38 bits per heavy atom. The molecule has 2 aromatic rings. The van der Waals surface area contributed by atoms with Gasteiger partial charge in [-0.2, -0.15) is 5.10 Å². The SMILES string of the molecule is C[C@H](Cn1cncn1)NCc1ccccn1. The first-order valence-corrected chi connectivity index (χ1v) is 5.30. The Balaban J connectivity index is 1.78. The monoisotopic (exact) mass is 217 g/mol. The van der Waals surface area contributed by atoms with E-state index in [4.69, 9.17) is 0 Å². The summed E-state index contributed by atoms with van der Waals surface area (Å²) < 4.78 is 1.82. The van der Waals surface area contributed by atoms with E-state index in [1.807, 2.05) is 22.9 Å². The largest absolute Gasteiger partial charge is 0.307 e. The van der Waals surface area contributed by atoms with E-state index in [-0.39, 0.29) is 0 Å². The van der Waals surface area contributed by atoms with Crippen molar-refractivity contribution in [2.45, 2.75) is 26.1 Å². The zero-order valence-corrected chi connectivity index (χ0v) is 9.24. The highest BCUT2D eigenvalue weighted by Gasteiger charge is 2.03. The van der Waals surface area contributed by atoms with Gasteiger partial charge in [-0.25, -0.2) is 4.98 Å². The van der Waals surface area contributed by atoms with Crippen LogP contribution in [-0.2, 0) is 13.1 Å². The fourth-order valence-corrected chi connectivity index (χ4v) is 1.45. The molecule has 0 unspecified atom stereocenters. The first kappa shape index (κ1) is 10.8. The minimum Gasteiger partial charge on any atom is -0.307 e. The predicted molar refractivity (Wildman–Crippen MR) is 60.6 cm³/mol. The summed E-state index contributed by atoms with van der Waals surface area (Å²) in [6.07, 6.45) is 5.07. The molecule has 1 atom stereocenters. The van der Waals surface area contributed by atoms with E-state index < -0.39 is 0 Å². The van der Waals surface area contributed by atoms with E-state index in [9.17, 15) is 0 Å². The van der Waals surface area contributed by atoms with Gasteiger partial charge in [-0.3, -0.25) is 9.67 Å². The molecular weight excluding hydrogens is 202 g/mol. The summed E-state index contributed by atoms with van der Waals surface area (Å²) in [5.74, 6) is 0. The number of aromatic nitrogens is 4. The summed E-state index contributed by atoms with van der Waals surface area (Å²) in [7, 11) is 0. The maximum absolute atomic E-state index is 4.25. The normalized spacial score (nSPS) is 12.6. The Hall–Kier alpha value is -1.75. The van der Waals surface area contributed by atoms with Crippen molar-refractivity contribution in [3.8, 4) is 0 Å². The molecule has 0 aliphatic heterocycles. The smallest absolute Gasteiger partial charge is 0.137 e. The van der Waals surface area contributed by atoms with Gasteiger partial charge in [0.1, 0.15) is 12.7 Å². The summed E-state index contributed by atoms with van der Waals surface area (Å²) in [5, 5.41) is 7.45. The number of nitrogens with one attached hydrogen (secondary N) is 1. The third kappa shape index (κ3) is 3.13. The minimum atomic E-state index is 0.337. The first-order chi connectivity index (χ1) is 7.84. The van der Waals surface area contributed by atoms with Crippen LogP contribution in [0, 0.1) is 0 Å². The summed E-state index contributed by atoms with van der Waals surface area (Å²) in [5.41, 5.74) is 1.05. The van der Waals surface area contributed by atoms with Crippen LogP contribution in [0.5, 0.6) is 0 Å². The van der Waals surface area contributed by atoms with Crippen LogP contribution in [0.4, 0.5) is 0 Å². The van der Waals surface area contributed by atoms with E-state index in [0.717, 1.165) is 18.8 Å². The summed E-state index contributed by atoms with van der Waals surface area (Å²) in [4.78, 5) is 8.16. The van der Waals surface area contributed by atoms with E-state index in [2.05, 4.69) is 27.3 Å². The zero-order valence-electron chi connectivity index (χ0n) is 9.24. The van der Waals surface area contributed by atoms with E-state index in [0.29, 0.717) is 6.04 Å². The van der Waals surface area contributed by atoms with Crippen molar-refractivity contribution in [1.82, 2.24) is 25.1 Å². The lowest BCUT2D eigenvalue weighted by Crippen LogP contribution is -2.30. The number of rotatable bonds is 5. The van der Waals surface area contributed by atoms with Crippen LogP contribution < -0.4 is 5.32 Å². The fraction of sp³-hybridized carbons (Fsp3) is 0.364. The maximum atomic E-state index is 4.25. The molecule has 0 radical (unpaired) electrons. The second kappa shape index (κ2) is 5.37. The predicted octanol–water partition coefficient (Wildman–Crippen LogP) is 0.851. The Morgan fingerprint density at radius 1 is 1.44 bits per heavy atom. The van der Waals surface area contributed by atoms with Gasteiger partial charge in [0.25, 0.3) is 0 Å². The molecule has 0 aromatic carbocycles. The summed E-state index contributed by atoms with van der Waals surface area (Å²) >= 11 is 0. The summed E-state index contributed by atoms with van der Waals surface area (Å²) in [6, 6.07) is 6.26. The summed E-state index contributed by atoms with van der Waals surface area (Å²) in [6.45, 7) is 3.70. The second-order valence-corrected chi connectivity index (χ2v) is 3.72. The highest BCUT2D eigenvalue weighted by Crippen LogP contribution is 1.95. The number of nitrogens with zero attached hydrogens (tertiary/aromatic N) is 4. The number of hydrogen-bond donors (Lipinski definition) is 1. The van der Waals surface area contributed by atoms with Gasteiger partial charge in [0.05, 0.1) is 12.2 Å². The lowest BCUT2D eigenvalue weighted by Gasteiger charge is -2.12. The molecule has 0 spiro atoms. The van der Waals surface area contributed by atoms with Crippen molar-refractivity contribution >= 4 is 0 Å². The molecule has 84 valence electrons. The van der Waals surface area contributed by atoms with Gasteiger partial charge < -0.3 is 5.32 Å². The fourth-order valence-electron chi connectivity index (χ4n) is 1.45. The molecule has 0 amide bonds. The van der Waals surface area contributed by atoms with Gasteiger partial charge in [-0.1, -0.05) is 6.07 Å². The van der Waals surface area contributed by atoms with E-state index >= 15 is 0 Å². The molecular formula is C11H15N5. The molecule has 2 rings (SSSR count). The zero-order chi connectivity index (χ0) is 11.2. The lowest BCUT2D eigenvalue weighted by atomic mass is 10.3. The Bertz CT molecular complexity index is 398. The highest BCUT2D eigenvalue weighted by molar-refractivity contribution is 5.02. The van der Waals surface area contributed by atoms with Crippen LogP contribution in [0.3, 0.4) is 0 Å². The topological polar surface area (TPSA) is 55.6 Å². The van der Waals surface area contributed by atoms with Crippen LogP contribution in [-0.4, -0.2) is 25.8 Å². The van der Waals surface area contributed by atoms with Crippen LogP contribution >= 0.6 is 0 Å². The van der Waals surface area contributed by atoms with Crippen LogP contribution in [0.2, 0.25) is 0 Å². The maximum Gasteiger partial charge on any atom is 0.137 e. The molecule has 16 heavy (non-hydrogen) atoms. The Kier molecular flexibility index (Phi) is 3.61. The molecule has 5 nitrogen and oxygen atoms in total. The van der Waals surface area contributed by atoms with Crippen molar-refractivity contribution in [2.75, 3.05) is 0 Å². The van der Waals surface area contributed by atoms with Gasteiger partial charge in [0.2, 0.25) is 0 Å². The van der Waals surface area contributed by atoms with Crippen molar-refractivity contribution < 1.29 is 0 Å². The molecule has 5 heteroatoms. The quantitative estimate of drug-likeness (QED) is 0.806. The molecule has 0 fully saturated rings. The molecule has 2 heterocycles. The standard InChI is InChI=1S/C11H15N5/c1-10(7-16-9-12-8-15-16)14-6-11-4-2-3-5-13-11/h2-5,8-10,14H,6-7H2,1H3/t10-/m1/s1. The molecule has 0 saturated heterocycles. The van der Waals surface area contributed by atoms with Gasteiger partial charge in [-0.05, 0) is 19.1 Å². The van der Waals surface area contributed by atoms with Gasteiger partial charge >= 0.3 is 0 Å². The van der Waals surface area contributed by atoms with Gasteiger partial charge in [0, 0.05) is 18.8 Å². The average Bonchev–Trinajstić information content (AvgIpc) is 2.81. The van der Waals surface area contributed by atoms with Crippen molar-refractivity contribution in [2.24, 2.45) is 0 Å². The average molecular weight is 217 g/mol. The van der Waals surface area contributed by atoms with Crippen LogP contribution in [0.1, 0.15) is 12.6 Å². The second-order valence-electron chi connectivity index (χ2n) is 3.72. The van der Waals surface area contributed by atoms with Gasteiger partial charge in [-0.15, -0.1) is 0 Å². The molecule has 0 bridgehead atoms. The first-order valence-electron chi connectivity index (χ1n) is 5.30. The minimum absolute atomic E-state index is 0.337. The van der Waals surface area contributed by atoms with Crippen molar-refractivity contribution in [3.63, 3.8) is 0 Å². The molecule has 2 aromatic heterocycles. The third-order valence-corrected chi connectivity index (χ3v) is 2.29. The van der Waals surface area contributed by atoms with Crippen molar-refractivity contribution in [3.05, 3.63) is 42.7 Å². The molecule has 1 N–H and O–H groups in total. The van der Waals surface area contributed by atoms with Gasteiger partial charge in [0.15, 0.2) is 0 Å². The number of pyridine rings is 1. The van der Waals surface area contributed by atoms with Crippen LogP contribution in [0.25, 0.3) is 0 Å². The highest BCUT2D eigenvalue weighted by atomic mass is 15.3. The third-order valence-electron chi connectivity index (χ3n) is 2.29. The molecule has 0 aliphatic rings. The van der Waals surface area contributed by atoms with Crippen LogP contribution in [0.15, 0.2) is 37.1 Å². The number of hydrogen-bond acceptors (Lipinski definition) is 4. The molecule has 0 saturated carbocycles. The van der Waals surface area contributed by atoms with E-state index in [1.165, 1.54) is 0 Å². The lowest BCUT2D eigenvalue weighted by molar-refractivity contribution is 0.448. The van der Waals surface area contributed by atoms with Crippen molar-refractivity contribution in [1.29, 1.82) is 0 Å². The Morgan fingerprint density at radius 3 is 3.06 bits per heavy atom. The molecule has 0 aliphatic carbocycles. The Labute approximate surface area is 94.5 Å².